The molecule has 0 saturated heterocycles. The van der Waals surface area contributed by atoms with Crippen LogP contribution in [0.5, 0.6) is 5.88 Å². The minimum absolute atomic E-state index is 0.148. The van der Waals surface area contributed by atoms with Gasteiger partial charge in [0.15, 0.2) is 6.61 Å². The Morgan fingerprint density at radius 2 is 1.66 bits per heavy atom. The maximum atomic E-state index is 12.0. The van der Waals surface area contributed by atoms with Gasteiger partial charge in [-0.2, -0.15) is 0 Å². The van der Waals surface area contributed by atoms with Crippen LogP contribution in [0.1, 0.15) is 26.3 Å². The molecule has 0 unspecified atom stereocenters. The van der Waals surface area contributed by atoms with Crippen molar-refractivity contribution >= 4 is 22.8 Å². The van der Waals surface area contributed by atoms with Gasteiger partial charge in [-0.15, -0.1) is 5.10 Å². The number of hydrogen-bond donors (Lipinski definition) is 1. The van der Waals surface area contributed by atoms with Gasteiger partial charge in [-0.25, -0.2) is 4.79 Å². The van der Waals surface area contributed by atoms with E-state index in [1.54, 1.807) is 0 Å². The molecular formula is C24H31N3O5. The molecule has 0 fully saturated rings. The van der Waals surface area contributed by atoms with Crippen molar-refractivity contribution in [2.75, 3.05) is 32.8 Å². The van der Waals surface area contributed by atoms with Gasteiger partial charge in [0.2, 0.25) is 5.88 Å². The van der Waals surface area contributed by atoms with Crippen molar-refractivity contribution in [3.63, 3.8) is 0 Å². The molecule has 0 amide bonds. The number of fused-ring (bicyclic) bond motifs is 1. The molecule has 0 radical (unpaired) electrons. The van der Waals surface area contributed by atoms with Crippen molar-refractivity contribution < 1.29 is 24.2 Å². The smallest absolute Gasteiger partial charge is 0.344 e. The molecule has 0 bridgehead atoms. The lowest BCUT2D eigenvalue weighted by Gasteiger charge is -2.17. The van der Waals surface area contributed by atoms with Crippen LogP contribution in [-0.4, -0.2) is 64.6 Å². The molecule has 0 aliphatic carbocycles. The summed E-state index contributed by atoms with van der Waals surface area (Å²) in [6, 6.07) is 18.0. The summed E-state index contributed by atoms with van der Waals surface area (Å²) in [5.74, 6) is -0.763. The third-order valence-corrected chi connectivity index (χ3v) is 4.69. The predicted molar refractivity (Wildman–Crippen MR) is 123 cm³/mol. The fourth-order valence-electron chi connectivity index (χ4n) is 3.08. The van der Waals surface area contributed by atoms with E-state index in [1.807, 2.05) is 47.1 Å². The molecular weight excluding hydrogens is 410 g/mol. The number of carboxylic acids is 1. The Labute approximate surface area is 188 Å². The number of esters is 1. The molecule has 8 nitrogen and oxygen atoms in total. The Kier molecular flexibility index (Phi) is 10.2. The van der Waals surface area contributed by atoms with E-state index in [9.17, 15) is 4.79 Å². The molecule has 3 rings (SSSR count). The van der Waals surface area contributed by atoms with E-state index in [2.05, 4.69) is 36.0 Å². The number of aliphatic carboxylic acids is 1. The minimum Gasteiger partial charge on any atom is -0.481 e. The summed E-state index contributed by atoms with van der Waals surface area (Å²) in [6.07, 6.45) is 0. The maximum absolute atomic E-state index is 12.0. The number of hydrogen-bond acceptors (Lipinski definition) is 6. The first kappa shape index (κ1) is 24.9. The van der Waals surface area contributed by atoms with E-state index in [0.717, 1.165) is 43.0 Å². The van der Waals surface area contributed by atoms with Crippen LogP contribution in [0.4, 0.5) is 0 Å². The van der Waals surface area contributed by atoms with Crippen LogP contribution in [0.15, 0.2) is 54.6 Å². The van der Waals surface area contributed by atoms with Gasteiger partial charge in [0.1, 0.15) is 6.61 Å². The highest BCUT2D eigenvalue weighted by Crippen LogP contribution is 2.25. The van der Waals surface area contributed by atoms with E-state index < -0.39 is 5.97 Å². The molecule has 0 aliphatic heterocycles. The van der Waals surface area contributed by atoms with Gasteiger partial charge in [-0.1, -0.05) is 56.3 Å². The van der Waals surface area contributed by atoms with E-state index in [0.29, 0.717) is 19.0 Å². The van der Waals surface area contributed by atoms with Crippen LogP contribution in [-0.2, 0) is 20.9 Å². The number of aromatic nitrogens is 2. The highest BCUT2D eigenvalue weighted by molar-refractivity contribution is 5.85. The SMILES string of the molecule is CC(=O)O.CCN(CC)CCOC(=O)COc1nn(Cc2ccccc2)c2ccccc12. The highest BCUT2D eigenvalue weighted by Gasteiger charge is 2.14. The lowest BCUT2D eigenvalue weighted by molar-refractivity contribution is -0.146. The van der Waals surface area contributed by atoms with Crippen molar-refractivity contribution in [2.24, 2.45) is 0 Å². The van der Waals surface area contributed by atoms with E-state index in [1.165, 1.54) is 0 Å². The van der Waals surface area contributed by atoms with Crippen LogP contribution in [0.25, 0.3) is 10.9 Å². The number of para-hydroxylation sites is 1. The van der Waals surface area contributed by atoms with Gasteiger partial charge in [0.25, 0.3) is 5.97 Å². The van der Waals surface area contributed by atoms with Crippen LogP contribution in [0.3, 0.4) is 0 Å². The molecule has 0 saturated carbocycles. The Bertz CT molecular complexity index is 980. The summed E-state index contributed by atoms with van der Waals surface area (Å²) >= 11 is 0. The summed E-state index contributed by atoms with van der Waals surface area (Å²) in [5.41, 5.74) is 2.12. The zero-order valence-corrected chi connectivity index (χ0v) is 18.9. The van der Waals surface area contributed by atoms with Crippen molar-refractivity contribution in [3.8, 4) is 5.88 Å². The second-order valence-corrected chi connectivity index (χ2v) is 7.02. The molecule has 1 heterocycles. The highest BCUT2D eigenvalue weighted by atomic mass is 16.6. The van der Waals surface area contributed by atoms with Crippen LogP contribution in [0, 0.1) is 0 Å². The normalized spacial score (nSPS) is 10.5. The van der Waals surface area contributed by atoms with Gasteiger partial charge in [0.05, 0.1) is 17.4 Å². The quantitative estimate of drug-likeness (QED) is 0.482. The fraction of sp³-hybridized carbons (Fsp3) is 0.375. The summed E-state index contributed by atoms with van der Waals surface area (Å²) in [7, 11) is 0. The Hall–Kier alpha value is -3.39. The molecule has 172 valence electrons. The molecule has 0 atom stereocenters. The zero-order valence-electron chi connectivity index (χ0n) is 18.9. The first-order valence-electron chi connectivity index (χ1n) is 10.6. The number of benzene rings is 2. The molecule has 32 heavy (non-hydrogen) atoms. The molecule has 1 aromatic heterocycles. The Morgan fingerprint density at radius 1 is 1.03 bits per heavy atom. The van der Waals surface area contributed by atoms with Gasteiger partial charge < -0.3 is 19.5 Å². The average Bonchev–Trinajstić information content (AvgIpc) is 3.13. The van der Waals surface area contributed by atoms with E-state index in [-0.39, 0.29) is 12.6 Å². The number of carbonyl (C=O) groups is 2. The van der Waals surface area contributed by atoms with Crippen molar-refractivity contribution in [2.45, 2.75) is 27.3 Å². The standard InChI is InChI=1S/C22H27N3O3.C2H4O2/c1-3-24(4-2)14-15-27-21(26)17-28-22-19-12-8-9-13-20(19)25(23-22)16-18-10-6-5-7-11-18;1-2(3)4/h5-13H,3-4,14-17H2,1-2H3;1H3,(H,3,4). The second-order valence-electron chi connectivity index (χ2n) is 7.02. The van der Waals surface area contributed by atoms with Gasteiger partial charge in [-0.3, -0.25) is 9.48 Å². The van der Waals surface area contributed by atoms with Gasteiger partial charge in [-0.05, 0) is 30.8 Å². The van der Waals surface area contributed by atoms with E-state index in [4.69, 9.17) is 19.4 Å². The monoisotopic (exact) mass is 441 g/mol. The van der Waals surface area contributed by atoms with Crippen LogP contribution >= 0.6 is 0 Å². The Morgan fingerprint density at radius 3 is 2.31 bits per heavy atom. The molecule has 2 aromatic carbocycles. The average molecular weight is 442 g/mol. The van der Waals surface area contributed by atoms with Crippen molar-refractivity contribution in [1.29, 1.82) is 0 Å². The van der Waals surface area contributed by atoms with E-state index >= 15 is 0 Å². The third kappa shape index (κ3) is 8.03. The lowest BCUT2D eigenvalue weighted by atomic mass is 10.2. The molecule has 3 aromatic rings. The summed E-state index contributed by atoms with van der Waals surface area (Å²) in [4.78, 5) is 23.2. The van der Waals surface area contributed by atoms with Crippen molar-refractivity contribution in [3.05, 3.63) is 60.2 Å². The zero-order chi connectivity index (χ0) is 23.3. The number of carboxylic acid groups (broad SMARTS) is 1. The third-order valence-electron chi connectivity index (χ3n) is 4.69. The lowest BCUT2D eigenvalue weighted by Crippen LogP contribution is -2.28. The largest absolute Gasteiger partial charge is 0.481 e. The number of rotatable bonds is 10. The number of ether oxygens (including phenoxy) is 2. The van der Waals surface area contributed by atoms with Crippen molar-refractivity contribution in [1.82, 2.24) is 14.7 Å². The minimum atomic E-state index is -0.833. The molecule has 0 aliphatic rings. The topological polar surface area (TPSA) is 93.9 Å². The Balaban J connectivity index is 0.000000837. The molecule has 0 spiro atoms. The predicted octanol–water partition coefficient (Wildman–Crippen LogP) is 3.44. The van der Waals surface area contributed by atoms with Crippen LogP contribution in [0.2, 0.25) is 0 Å². The summed E-state index contributed by atoms with van der Waals surface area (Å²) < 4.78 is 12.9. The fourth-order valence-corrected chi connectivity index (χ4v) is 3.08. The maximum Gasteiger partial charge on any atom is 0.344 e. The van der Waals surface area contributed by atoms with Crippen LogP contribution < -0.4 is 4.74 Å². The second kappa shape index (κ2) is 13.1. The van der Waals surface area contributed by atoms with Gasteiger partial charge >= 0.3 is 5.97 Å². The summed E-state index contributed by atoms with van der Waals surface area (Å²) in [5, 5.41) is 12.9. The van der Waals surface area contributed by atoms with Gasteiger partial charge in [0, 0.05) is 13.5 Å². The molecule has 1 N–H and O–H groups in total. The first-order valence-corrected chi connectivity index (χ1v) is 10.6. The summed E-state index contributed by atoms with van der Waals surface area (Å²) in [6.45, 7) is 8.73. The number of carbonyl (C=O) groups excluding carboxylic acids is 1. The number of nitrogens with zero attached hydrogens (tertiary/aromatic N) is 3. The molecule has 8 heteroatoms. The first-order chi connectivity index (χ1) is 15.4. The number of likely N-dealkylation sites (N-methyl/N-ethyl adjacent to an activating group) is 1.